The van der Waals surface area contributed by atoms with E-state index in [1.54, 1.807) is 48.8 Å². The van der Waals surface area contributed by atoms with Gasteiger partial charge in [-0.05, 0) is 50.8 Å². The van der Waals surface area contributed by atoms with Crippen LogP contribution in [0.15, 0.2) is 53.7 Å². The molecule has 1 aliphatic rings. The van der Waals surface area contributed by atoms with Crippen LogP contribution in [0.3, 0.4) is 0 Å². The van der Waals surface area contributed by atoms with Crippen molar-refractivity contribution < 1.29 is 13.5 Å². The molecule has 0 saturated heterocycles. The monoisotopic (exact) mass is 410 g/mol. The highest BCUT2D eigenvalue weighted by atomic mass is 32.2. The average molecular weight is 410 g/mol. The average Bonchev–Trinajstić information content (AvgIpc) is 3.30. The zero-order valence-corrected chi connectivity index (χ0v) is 16.9. The number of pyridine rings is 1. The van der Waals surface area contributed by atoms with Gasteiger partial charge in [0.05, 0.1) is 22.7 Å². The van der Waals surface area contributed by atoms with Crippen LogP contribution in [0.25, 0.3) is 22.1 Å². The van der Waals surface area contributed by atoms with E-state index in [4.69, 9.17) is 0 Å². The molecular weight excluding hydrogens is 388 g/mol. The normalized spacial score (nSPS) is 20.5. The number of nitrogens with zero attached hydrogens (tertiary/aromatic N) is 4. The summed E-state index contributed by atoms with van der Waals surface area (Å²) in [6.45, 7) is 1.97. The molecular formula is C21H22N4O3S. The van der Waals surface area contributed by atoms with Crippen molar-refractivity contribution in [2.75, 3.05) is 0 Å². The molecule has 0 bridgehead atoms. The highest BCUT2D eigenvalue weighted by Crippen LogP contribution is 2.35. The lowest BCUT2D eigenvalue weighted by atomic mass is 9.92. The first-order chi connectivity index (χ1) is 14.0. The molecule has 0 aliphatic heterocycles. The largest absolute Gasteiger partial charge is 0.393 e. The van der Waals surface area contributed by atoms with E-state index in [1.165, 1.54) is 3.97 Å². The van der Waals surface area contributed by atoms with Gasteiger partial charge in [0, 0.05) is 17.6 Å². The Morgan fingerprint density at radius 2 is 1.79 bits per heavy atom. The molecule has 3 aromatic heterocycles. The molecule has 0 amide bonds. The molecule has 1 aliphatic carbocycles. The van der Waals surface area contributed by atoms with Gasteiger partial charge in [0.2, 0.25) is 0 Å². The van der Waals surface area contributed by atoms with Crippen LogP contribution in [0.4, 0.5) is 0 Å². The third-order valence-electron chi connectivity index (χ3n) is 5.84. The van der Waals surface area contributed by atoms with E-state index in [9.17, 15) is 13.5 Å². The van der Waals surface area contributed by atoms with E-state index in [0.717, 1.165) is 47.9 Å². The molecule has 8 heteroatoms. The van der Waals surface area contributed by atoms with Gasteiger partial charge in [0.15, 0.2) is 5.65 Å². The Morgan fingerprint density at radius 3 is 2.52 bits per heavy atom. The second-order valence-electron chi connectivity index (χ2n) is 7.65. The zero-order valence-electron chi connectivity index (χ0n) is 16.1. The van der Waals surface area contributed by atoms with Crippen molar-refractivity contribution in [1.82, 2.24) is 18.5 Å². The SMILES string of the molecule is Cc1nc2cnc3c(ccn3S(=O)(=O)c3ccccc3)c2n1C1CCC(O)CC1. The second-order valence-corrected chi connectivity index (χ2v) is 9.47. The van der Waals surface area contributed by atoms with Crippen molar-refractivity contribution in [3.8, 4) is 0 Å². The summed E-state index contributed by atoms with van der Waals surface area (Å²) in [4.78, 5) is 9.33. The molecule has 0 atom stereocenters. The summed E-state index contributed by atoms with van der Waals surface area (Å²) in [7, 11) is -3.74. The number of imidazole rings is 1. The van der Waals surface area contributed by atoms with Gasteiger partial charge in [-0.15, -0.1) is 0 Å². The topological polar surface area (TPSA) is 90.0 Å². The Bertz CT molecular complexity index is 1300. The van der Waals surface area contributed by atoms with Crippen LogP contribution in [0.1, 0.15) is 37.5 Å². The van der Waals surface area contributed by atoms with E-state index in [-0.39, 0.29) is 17.0 Å². The molecule has 0 unspecified atom stereocenters. The Balaban J connectivity index is 1.71. The Morgan fingerprint density at radius 1 is 1.07 bits per heavy atom. The van der Waals surface area contributed by atoms with Crippen molar-refractivity contribution in [3.05, 3.63) is 54.6 Å². The highest BCUT2D eigenvalue weighted by molar-refractivity contribution is 7.90. The minimum absolute atomic E-state index is 0.227. The van der Waals surface area contributed by atoms with Crippen LogP contribution in [0.5, 0.6) is 0 Å². The maximum Gasteiger partial charge on any atom is 0.269 e. The smallest absolute Gasteiger partial charge is 0.269 e. The van der Waals surface area contributed by atoms with Crippen molar-refractivity contribution in [1.29, 1.82) is 0 Å². The summed E-state index contributed by atoms with van der Waals surface area (Å²) in [5.74, 6) is 0.884. The molecule has 1 fully saturated rings. The van der Waals surface area contributed by atoms with Crippen molar-refractivity contribution in [2.24, 2.45) is 0 Å². The molecule has 1 N–H and O–H groups in total. The maximum atomic E-state index is 13.1. The van der Waals surface area contributed by atoms with Crippen LogP contribution < -0.4 is 0 Å². The quantitative estimate of drug-likeness (QED) is 0.559. The van der Waals surface area contributed by atoms with Crippen molar-refractivity contribution >= 4 is 32.1 Å². The fraction of sp³-hybridized carbons (Fsp3) is 0.333. The molecule has 29 heavy (non-hydrogen) atoms. The van der Waals surface area contributed by atoms with Gasteiger partial charge in [0.25, 0.3) is 10.0 Å². The maximum absolute atomic E-state index is 13.1. The van der Waals surface area contributed by atoms with Gasteiger partial charge in [0.1, 0.15) is 11.3 Å². The molecule has 0 spiro atoms. The Labute approximate surface area is 168 Å². The molecule has 3 heterocycles. The minimum atomic E-state index is -3.74. The number of aliphatic hydroxyl groups excluding tert-OH is 1. The van der Waals surface area contributed by atoms with E-state index < -0.39 is 10.0 Å². The summed E-state index contributed by atoms with van der Waals surface area (Å²) in [6.07, 6.45) is 6.26. The first-order valence-electron chi connectivity index (χ1n) is 9.80. The van der Waals surface area contributed by atoms with Crippen molar-refractivity contribution in [3.63, 3.8) is 0 Å². The lowest BCUT2D eigenvalue weighted by Gasteiger charge is -2.28. The summed E-state index contributed by atoms with van der Waals surface area (Å²) in [5, 5.41) is 10.6. The predicted octanol–water partition coefficient (Wildman–Crippen LogP) is 3.41. The Hall–Kier alpha value is -2.71. The molecule has 7 nitrogen and oxygen atoms in total. The van der Waals surface area contributed by atoms with Crippen LogP contribution >= 0.6 is 0 Å². The number of hydrogen-bond acceptors (Lipinski definition) is 5. The summed E-state index contributed by atoms with van der Waals surface area (Å²) < 4.78 is 29.7. The fourth-order valence-electron chi connectivity index (χ4n) is 4.43. The third-order valence-corrected chi connectivity index (χ3v) is 7.52. The molecule has 5 rings (SSSR count). The minimum Gasteiger partial charge on any atom is -0.393 e. The number of hydrogen-bond donors (Lipinski definition) is 1. The van der Waals surface area contributed by atoms with Crippen LogP contribution in [0.2, 0.25) is 0 Å². The molecule has 150 valence electrons. The van der Waals surface area contributed by atoms with E-state index in [2.05, 4.69) is 14.5 Å². The Kier molecular flexibility index (Phi) is 4.22. The van der Waals surface area contributed by atoms with Gasteiger partial charge in [-0.1, -0.05) is 18.2 Å². The molecule has 0 radical (unpaired) electrons. The number of rotatable bonds is 3. The molecule has 4 aromatic rings. The van der Waals surface area contributed by atoms with Gasteiger partial charge in [-0.25, -0.2) is 22.4 Å². The summed E-state index contributed by atoms with van der Waals surface area (Å²) in [5.41, 5.74) is 2.07. The third kappa shape index (κ3) is 2.86. The zero-order chi connectivity index (χ0) is 20.2. The fourth-order valence-corrected chi connectivity index (χ4v) is 5.75. The number of aromatic nitrogens is 4. The number of aryl methyl sites for hydroxylation is 1. The molecule has 1 saturated carbocycles. The number of fused-ring (bicyclic) bond motifs is 3. The van der Waals surface area contributed by atoms with Crippen molar-refractivity contribution in [2.45, 2.75) is 49.6 Å². The van der Waals surface area contributed by atoms with Crippen LogP contribution in [0, 0.1) is 6.92 Å². The van der Waals surface area contributed by atoms with Crippen LogP contribution in [-0.4, -0.2) is 38.1 Å². The lowest BCUT2D eigenvalue weighted by Crippen LogP contribution is -2.21. The van der Waals surface area contributed by atoms with E-state index in [0.29, 0.717) is 5.65 Å². The van der Waals surface area contributed by atoms with Gasteiger partial charge in [-0.2, -0.15) is 0 Å². The standard InChI is InChI=1S/C21H22N4O3S/c1-14-23-19-13-22-21-18(20(19)25(14)15-7-9-16(26)10-8-15)11-12-24(21)29(27,28)17-5-3-2-4-6-17/h2-6,11-13,15-16,26H,7-10H2,1H3. The first kappa shape index (κ1) is 18.3. The molecule has 1 aromatic carbocycles. The predicted molar refractivity (Wildman–Crippen MR) is 110 cm³/mol. The lowest BCUT2D eigenvalue weighted by molar-refractivity contribution is 0.111. The number of aliphatic hydroxyl groups is 1. The van der Waals surface area contributed by atoms with Gasteiger partial charge < -0.3 is 9.67 Å². The summed E-state index contributed by atoms with van der Waals surface area (Å²) in [6, 6.07) is 10.4. The summed E-state index contributed by atoms with van der Waals surface area (Å²) >= 11 is 0. The van der Waals surface area contributed by atoms with E-state index >= 15 is 0 Å². The van der Waals surface area contributed by atoms with Gasteiger partial charge >= 0.3 is 0 Å². The van der Waals surface area contributed by atoms with Gasteiger partial charge in [-0.3, -0.25) is 0 Å². The van der Waals surface area contributed by atoms with Crippen LogP contribution in [-0.2, 0) is 10.0 Å². The number of benzene rings is 1. The van der Waals surface area contributed by atoms with E-state index in [1.807, 2.05) is 6.92 Å². The first-order valence-corrected chi connectivity index (χ1v) is 11.2. The highest BCUT2D eigenvalue weighted by Gasteiger charge is 2.26. The second kappa shape index (κ2) is 6.67.